The highest BCUT2D eigenvalue weighted by molar-refractivity contribution is 5.98. The predicted octanol–water partition coefficient (Wildman–Crippen LogP) is 3.57. The number of primary amides is 2. The van der Waals surface area contributed by atoms with Crippen molar-refractivity contribution in [3.63, 3.8) is 0 Å². The highest BCUT2D eigenvalue weighted by Gasteiger charge is 2.78. The van der Waals surface area contributed by atoms with E-state index < -0.39 is 210 Å². The van der Waals surface area contributed by atoms with Crippen LogP contribution in [0.5, 0.6) is 0 Å². The predicted molar refractivity (Wildman–Crippen MR) is 362 cm³/mol. The third-order valence-corrected chi connectivity index (χ3v) is 19.6. The number of fused-ring (bicyclic) bond motifs is 5. The third-order valence-electron chi connectivity index (χ3n) is 19.6. The quantitative estimate of drug-likeness (QED) is 0.0118. The average molecular weight is 1450 g/mol. The van der Waals surface area contributed by atoms with E-state index in [0.29, 0.717) is 6.07 Å². The zero-order valence-corrected chi connectivity index (χ0v) is 58.2. The second-order valence-electron chi connectivity index (χ2n) is 26.9. The third kappa shape index (κ3) is 17.9. The molecule has 2 saturated carbocycles. The minimum Gasteiger partial charge on any atom is -0.455 e. The summed E-state index contributed by atoms with van der Waals surface area (Å²) in [5.41, 5.74) is 2.65. The van der Waals surface area contributed by atoms with Crippen molar-refractivity contribution in [2.75, 3.05) is 13.2 Å². The molecule has 1 aliphatic heterocycles. The van der Waals surface area contributed by atoms with Crippen molar-refractivity contribution >= 4 is 83.1 Å². The van der Waals surface area contributed by atoms with Crippen LogP contribution in [-0.2, 0) is 81.2 Å². The van der Waals surface area contributed by atoms with Crippen LogP contribution in [0.2, 0.25) is 0 Å². The summed E-state index contributed by atoms with van der Waals surface area (Å²) in [4.78, 5) is 178. The van der Waals surface area contributed by atoms with E-state index in [2.05, 4.69) is 26.6 Å². The average Bonchev–Trinajstić information content (AvgIpc) is 0.669. The van der Waals surface area contributed by atoms with Gasteiger partial charge in [-0.05, 0) is 106 Å². The van der Waals surface area contributed by atoms with E-state index in [1.807, 2.05) is 0 Å². The van der Waals surface area contributed by atoms with Gasteiger partial charge in [0, 0.05) is 74.8 Å². The second kappa shape index (κ2) is 33.7. The zero-order chi connectivity index (χ0) is 76.2. The summed E-state index contributed by atoms with van der Waals surface area (Å²) in [6.45, 7) is 8.73. The molecule has 14 atom stereocenters. The lowest BCUT2D eigenvalue weighted by molar-refractivity contribution is -0.346. The molecule has 4 aromatic carbocycles. The molecule has 4 aliphatic rings. The number of amides is 7. The summed E-state index contributed by atoms with van der Waals surface area (Å²) in [5.74, 6) is -15.7. The number of benzene rings is 4. The minimum atomic E-state index is -2.58. The zero-order valence-electron chi connectivity index (χ0n) is 58.2. The lowest BCUT2D eigenvalue weighted by atomic mass is 9.44. The number of nitrogens with two attached hydrogens (primary N) is 2. The summed E-state index contributed by atoms with van der Waals surface area (Å²) >= 11 is 0. The van der Waals surface area contributed by atoms with Gasteiger partial charge >= 0.3 is 29.8 Å². The fraction of sp³-hybridized carbons (Fsp3) is 0.446. The van der Waals surface area contributed by atoms with Gasteiger partial charge in [0.2, 0.25) is 41.5 Å². The second-order valence-corrected chi connectivity index (χ2v) is 26.9. The molecule has 3 fully saturated rings. The molecule has 4 aromatic rings. The molecule has 0 aromatic heterocycles. The fourth-order valence-corrected chi connectivity index (χ4v) is 14.0. The van der Waals surface area contributed by atoms with Crippen molar-refractivity contribution in [1.82, 2.24) is 26.6 Å². The van der Waals surface area contributed by atoms with Crippen LogP contribution in [-0.4, -0.2) is 166 Å². The van der Waals surface area contributed by atoms with Gasteiger partial charge in [0.25, 0.3) is 5.91 Å². The van der Waals surface area contributed by atoms with Gasteiger partial charge in [-0.2, -0.15) is 0 Å². The Morgan fingerprint density at radius 2 is 1.36 bits per heavy atom. The van der Waals surface area contributed by atoms with Crippen LogP contribution >= 0.6 is 0 Å². The number of esters is 5. The lowest BCUT2D eigenvalue weighted by Crippen LogP contribution is -2.82. The Balaban J connectivity index is 0.978. The summed E-state index contributed by atoms with van der Waals surface area (Å²) < 4.78 is 64.2. The Morgan fingerprint density at radius 3 is 1.95 bits per heavy atom. The number of aliphatic hydroxyl groups is 2. The van der Waals surface area contributed by atoms with Gasteiger partial charge < -0.3 is 76.7 Å². The number of halogens is 2. The lowest BCUT2D eigenvalue weighted by Gasteiger charge is -2.67. The van der Waals surface area contributed by atoms with Crippen LogP contribution in [0.15, 0.2) is 126 Å². The van der Waals surface area contributed by atoms with E-state index in [9.17, 15) is 71.7 Å². The Bertz CT molecular complexity index is 4010. The first-order chi connectivity index (χ1) is 49.1. The molecule has 104 heavy (non-hydrogen) atoms. The number of carbonyl (C=O) groups is 13. The van der Waals surface area contributed by atoms with Crippen molar-refractivity contribution in [3.05, 3.63) is 160 Å². The molecule has 0 spiro atoms. The number of aliphatic hydroxyl groups excluding tert-OH is 1. The van der Waals surface area contributed by atoms with Gasteiger partial charge in [0.05, 0.1) is 36.0 Å². The van der Waals surface area contributed by atoms with Gasteiger partial charge in [0.1, 0.15) is 59.7 Å². The van der Waals surface area contributed by atoms with Crippen LogP contribution in [0.4, 0.5) is 8.78 Å². The van der Waals surface area contributed by atoms with Crippen LogP contribution in [0.25, 0.3) is 6.08 Å². The Morgan fingerprint density at radius 1 is 0.731 bits per heavy atom. The van der Waals surface area contributed by atoms with E-state index in [1.54, 1.807) is 54.6 Å². The first-order valence-corrected chi connectivity index (χ1v) is 33.7. The monoisotopic (exact) mass is 1450 g/mol. The number of ether oxygens (including phenoxy) is 6. The molecule has 7 amide bonds. The highest BCUT2D eigenvalue weighted by Crippen LogP contribution is 2.64. The van der Waals surface area contributed by atoms with Gasteiger partial charge in [0.15, 0.2) is 17.5 Å². The van der Waals surface area contributed by atoms with Crippen LogP contribution in [0.1, 0.15) is 144 Å². The molecule has 3 aliphatic carbocycles. The van der Waals surface area contributed by atoms with E-state index in [4.69, 9.17) is 39.9 Å². The van der Waals surface area contributed by atoms with E-state index in [1.165, 1.54) is 71.0 Å². The molecule has 30 heteroatoms. The van der Waals surface area contributed by atoms with Gasteiger partial charge in [-0.15, -0.1) is 0 Å². The molecular weight excluding hydrogens is 1360 g/mol. The number of rotatable bonds is 30. The van der Waals surface area contributed by atoms with Gasteiger partial charge in [-0.25, -0.2) is 18.4 Å². The number of nitrogens with one attached hydrogen (secondary N) is 5. The van der Waals surface area contributed by atoms with Gasteiger partial charge in [-0.3, -0.25) is 52.7 Å². The summed E-state index contributed by atoms with van der Waals surface area (Å²) in [6.07, 6.45) is -11.3. The largest absolute Gasteiger partial charge is 0.455 e. The minimum absolute atomic E-state index is 0.0200. The number of unbranched alkanes of at least 4 members (excludes halogenated alkanes) is 1. The van der Waals surface area contributed by atoms with E-state index in [-0.39, 0.29) is 72.0 Å². The number of Topliss-reactive ketones (excluding diaryl/α,β-unsaturated/α-hetero) is 1. The maximum Gasteiger partial charge on any atom is 0.350 e. The van der Waals surface area contributed by atoms with Crippen molar-refractivity contribution in [1.29, 1.82) is 0 Å². The molecule has 1 saturated heterocycles. The Hall–Kier alpha value is -10.6. The molecule has 28 nitrogen and oxygen atoms in total. The van der Waals surface area contributed by atoms with Crippen molar-refractivity contribution in [3.8, 4) is 0 Å². The maximum absolute atomic E-state index is 15.9. The summed E-state index contributed by atoms with van der Waals surface area (Å²) in [6, 6.07) is 20.4. The molecule has 2 unspecified atom stereocenters. The Labute approximate surface area is 597 Å². The van der Waals surface area contributed by atoms with Gasteiger partial charge in [-0.1, -0.05) is 80.6 Å². The molecule has 556 valence electrons. The molecule has 8 rings (SSSR count). The highest BCUT2D eigenvalue weighted by atomic mass is 19.1. The fourth-order valence-electron chi connectivity index (χ4n) is 14.0. The van der Waals surface area contributed by atoms with E-state index >= 15 is 9.59 Å². The van der Waals surface area contributed by atoms with Crippen molar-refractivity contribution in [2.45, 2.75) is 178 Å². The normalized spacial score (nSPS) is 24.4. The van der Waals surface area contributed by atoms with Crippen molar-refractivity contribution in [2.24, 2.45) is 28.2 Å². The van der Waals surface area contributed by atoms with Crippen LogP contribution in [0.3, 0.4) is 0 Å². The molecule has 2 bridgehead atoms. The smallest absolute Gasteiger partial charge is 0.350 e. The SMILES string of the molecule is CC(=O)O[C@H]1C(=O)[C@@]2(C)[C@H]([C@H](OC(=O)c3ccccc3)[C@]3(O)C[C@H](OC(=O)[C@H](OC(=O)CCC(=O)NCCCCC(NC(=O)CC[C@H](NC(=O)C(C)NC(=O)/C=C/c4ccc(F)cc4F)C(N)=O)C(N)=O)[C@H](NC(=O)c4ccccc4)c4ccccc4)C(C)=C1C3(C)C)[C@]1(OC(C)=O)CO[C@@H]1C[C@@H]2O. The van der Waals surface area contributed by atoms with Crippen LogP contribution in [0, 0.1) is 28.4 Å². The number of ketones is 1. The topological polar surface area (TPSA) is 430 Å². The van der Waals surface area contributed by atoms with E-state index in [0.717, 1.165) is 38.1 Å². The van der Waals surface area contributed by atoms with Crippen LogP contribution < -0.4 is 38.1 Å². The maximum atomic E-state index is 15.9. The number of hydrogen-bond donors (Lipinski definition) is 9. The number of carbonyl (C=O) groups excluding carboxylic acids is 13. The molecule has 0 radical (unpaired) electrons. The molecule has 11 N–H and O–H groups in total. The molecule has 1 heterocycles. The Kier molecular flexibility index (Phi) is 25.6. The summed E-state index contributed by atoms with van der Waals surface area (Å²) in [5, 5.41) is 39.0. The first kappa shape index (κ1) is 79.1. The molecular formula is C74H85F2N7O21. The standard InChI is InChI=1S/C74H85F2N7O21/c1-39-51(37-74(98)64(103-69(96)46-23-15-10-16-24-46)62-72(7,52(86)36-53-73(62,38-99-53)104-42(4)85)63(91)60(100-41(3)84)58(39)71(74,5)6)101-70(97)61(59(44-19-11-8-12-20-44)83-68(95)45-21-13-9-14-22-45)102-57(90)33-32-54(87)79-34-18-17-25-49(65(77)92)81-56(89)31-29-50(66(78)93)82-67(94)40(2)80-55(88)30-27-43-26-28-47(75)35-48(43)76/h8-16,19-24,26-28,30,35,40,49-53,59-62,64,86,98H,17-18,25,29,31-34,36-38H2,1-7H3,(H2,77,92)(H2,78,93)(H,79,87)(H,80,88)(H,81,89)(H,82,94)(H,83,95)/b30-27+/t40?,49?,50-,51-,52-,53+,59+,60+,61+,62-,64-,72+,73-,74+/m0/s1. The van der Waals surface area contributed by atoms with Crippen molar-refractivity contribution < 1.29 is 110 Å². The summed E-state index contributed by atoms with van der Waals surface area (Å²) in [7, 11) is 0. The first-order valence-electron chi connectivity index (χ1n) is 33.7. The number of hydrogen-bond acceptors (Lipinski definition) is 21.